The Balaban J connectivity index is 1.63. The van der Waals surface area contributed by atoms with Gasteiger partial charge in [-0.1, -0.05) is 24.3 Å². The standard InChI is InChI=1S/C22H19FN2O3/c1-13-9-10-19(27-13)17-12-18-16-7-4-8-20(26-2)21(16)28-22(25(18)24-17)14-5-3-6-15(23)11-14/h3-12,18,22,24H,1-2H3. The highest BCUT2D eigenvalue weighted by Gasteiger charge is 2.41. The van der Waals surface area contributed by atoms with Gasteiger partial charge in [-0.3, -0.25) is 0 Å². The number of ether oxygens (including phenoxy) is 2. The monoisotopic (exact) mass is 378 g/mol. The molecule has 1 N–H and O–H groups in total. The third-order valence-corrected chi connectivity index (χ3v) is 5.04. The second-order valence-corrected chi connectivity index (χ2v) is 6.86. The van der Waals surface area contributed by atoms with Crippen LogP contribution in [0, 0.1) is 12.7 Å². The molecule has 0 radical (unpaired) electrons. The van der Waals surface area contributed by atoms with Gasteiger partial charge in [-0.2, -0.15) is 5.01 Å². The molecule has 2 aliphatic rings. The van der Waals surface area contributed by atoms with Crippen LogP contribution in [-0.4, -0.2) is 12.1 Å². The molecule has 0 saturated carbocycles. The number of nitrogens with zero attached hydrogens (tertiary/aromatic N) is 1. The van der Waals surface area contributed by atoms with E-state index in [4.69, 9.17) is 13.9 Å². The van der Waals surface area contributed by atoms with Gasteiger partial charge in [0.25, 0.3) is 0 Å². The summed E-state index contributed by atoms with van der Waals surface area (Å²) in [6.45, 7) is 1.91. The van der Waals surface area contributed by atoms with Gasteiger partial charge in [-0.05, 0) is 43.3 Å². The van der Waals surface area contributed by atoms with E-state index >= 15 is 0 Å². The van der Waals surface area contributed by atoms with Crippen LogP contribution in [0.1, 0.15) is 34.9 Å². The molecular weight excluding hydrogens is 359 g/mol. The molecule has 0 saturated heterocycles. The number of hydrogen-bond donors (Lipinski definition) is 1. The summed E-state index contributed by atoms with van der Waals surface area (Å²) in [4.78, 5) is 0. The minimum atomic E-state index is -0.533. The van der Waals surface area contributed by atoms with Crippen LogP contribution in [-0.2, 0) is 0 Å². The van der Waals surface area contributed by atoms with Crippen LogP contribution in [0.2, 0.25) is 0 Å². The summed E-state index contributed by atoms with van der Waals surface area (Å²) in [7, 11) is 1.61. The van der Waals surface area contributed by atoms with Crippen molar-refractivity contribution in [3.8, 4) is 11.5 Å². The Bertz CT molecular complexity index is 1080. The zero-order chi connectivity index (χ0) is 19.3. The van der Waals surface area contributed by atoms with Crippen molar-refractivity contribution in [2.75, 3.05) is 7.11 Å². The third-order valence-electron chi connectivity index (χ3n) is 5.04. The van der Waals surface area contributed by atoms with Crippen molar-refractivity contribution in [3.05, 3.63) is 89.1 Å². The summed E-state index contributed by atoms with van der Waals surface area (Å²) in [5.74, 6) is 2.58. The molecule has 6 heteroatoms. The number of benzene rings is 2. The van der Waals surface area contributed by atoms with Gasteiger partial charge in [0.2, 0.25) is 0 Å². The van der Waals surface area contributed by atoms with Crippen LogP contribution in [0.25, 0.3) is 5.70 Å². The van der Waals surface area contributed by atoms with E-state index in [-0.39, 0.29) is 11.9 Å². The quantitative estimate of drug-likeness (QED) is 0.714. The predicted octanol–water partition coefficient (Wildman–Crippen LogP) is 4.73. The number of halogens is 1. The van der Waals surface area contributed by atoms with Crippen LogP contribution in [0.3, 0.4) is 0 Å². The first-order valence-electron chi connectivity index (χ1n) is 9.06. The molecule has 5 nitrogen and oxygen atoms in total. The summed E-state index contributed by atoms with van der Waals surface area (Å²) in [6.07, 6.45) is 1.56. The minimum Gasteiger partial charge on any atom is -0.493 e. The van der Waals surface area contributed by atoms with E-state index in [0.717, 1.165) is 22.8 Å². The van der Waals surface area contributed by atoms with Crippen molar-refractivity contribution in [2.24, 2.45) is 0 Å². The van der Waals surface area contributed by atoms with Crippen molar-refractivity contribution >= 4 is 5.70 Å². The normalized spacial score (nSPS) is 20.6. The molecule has 2 unspecified atom stereocenters. The molecule has 2 atom stereocenters. The molecule has 5 rings (SSSR count). The first-order valence-corrected chi connectivity index (χ1v) is 9.06. The van der Waals surface area contributed by atoms with Crippen molar-refractivity contribution in [3.63, 3.8) is 0 Å². The predicted molar refractivity (Wildman–Crippen MR) is 102 cm³/mol. The molecule has 0 spiro atoms. The van der Waals surface area contributed by atoms with Gasteiger partial charge in [0.15, 0.2) is 23.5 Å². The highest BCUT2D eigenvalue weighted by molar-refractivity contribution is 5.65. The summed E-state index contributed by atoms with van der Waals surface area (Å²) in [5, 5.41) is 1.96. The Labute approximate surface area is 162 Å². The van der Waals surface area contributed by atoms with Crippen LogP contribution < -0.4 is 14.9 Å². The van der Waals surface area contributed by atoms with Gasteiger partial charge < -0.3 is 19.3 Å². The van der Waals surface area contributed by atoms with Gasteiger partial charge in [0.1, 0.15) is 11.6 Å². The maximum absolute atomic E-state index is 13.9. The van der Waals surface area contributed by atoms with E-state index in [9.17, 15) is 4.39 Å². The van der Waals surface area contributed by atoms with Gasteiger partial charge in [-0.25, -0.2) is 4.39 Å². The first-order chi connectivity index (χ1) is 13.6. The van der Waals surface area contributed by atoms with E-state index in [2.05, 4.69) is 11.5 Å². The van der Waals surface area contributed by atoms with Gasteiger partial charge in [0.05, 0.1) is 18.8 Å². The number of nitrogens with one attached hydrogen (secondary N) is 1. The highest BCUT2D eigenvalue weighted by atomic mass is 19.1. The summed E-state index contributed by atoms with van der Waals surface area (Å²) >= 11 is 0. The Morgan fingerprint density at radius 3 is 2.71 bits per heavy atom. The lowest BCUT2D eigenvalue weighted by Gasteiger charge is -2.39. The molecule has 142 valence electrons. The Hall–Kier alpha value is -3.25. The van der Waals surface area contributed by atoms with Gasteiger partial charge >= 0.3 is 0 Å². The van der Waals surface area contributed by atoms with E-state index in [1.165, 1.54) is 12.1 Å². The topological polar surface area (TPSA) is 46.9 Å². The fourth-order valence-corrected chi connectivity index (χ4v) is 3.75. The largest absolute Gasteiger partial charge is 0.493 e. The molecular formula is C22H19FN2O3. The Kier molecular flexibility index (Phi) is 3.87. The number of furan rings is 1. The molecule has 3 heterocycles. The molecule has 0 amide bonds. The van der Waals surface area contributed by atoms with Crippen LogP contribution in [0.5, 0.6) is 11.5 Å². The van der Waals surface area contributed by atoms with Crippen molar-refractivity contribution in [2.45, 2.75) is 19.2 Å². The number of para-hydroxylation sites is 1. The molecule has 2 aromatic carbocycles. The average Bonchev–Trinajstić information content (AvgIpc) is 3.33. The van der Waals surface area contributed by atoms with Crippen molar-refractivity contribution < 1.29 is 18.3 Å². The van der Waals surface area contributed by atoms with Crippen molar-refractivity contribution in [1.82, 2.24) is 10.4 Å². The molecule has 0 aliphatic carbocycles. The first kappa shape index (κ1) is 16.9. The summed E-state index contributed by atoms with van der Waals surface area (Å²) in [5.41, 5.74) is 5.91. The maximum Gasteiger partial charge on any atom is 0.196 e. The number of aryl methyl sites for hydroxylation is 1. The molecule has 0 fully saturated rings. The molecule has 28 heavy (non-hydrogen) atoms. The van der Waals surface area contributed by atoms with Gasteiger partial charge in [-0.15, -0.1) is 0 Å². The van der Waals surface area contributed by atoms with Crippen molar-refractivity contribution in [1.29, 1.82) is 0 Å². The lowest BCUT2D eigenvalue weighted by molar-refractivity contribution is -0.0346. The zero-order valence-electron chi connectivity index (χ0n) is 15.5. The van der Waals surface area contributed by atoms with E-state index < -0.39 is 6.23 Å². The fourth-order valence-electron chi connectivity index (χ4n) is 3.75. The minimum absolute atomic E-state index is 0.118. The second kappa shape index (κ2) is 6.42. The summed E-state index contributed by atoms with van der Waals surface area (Å²) in [6, 6.07) is 16.0. The number of rotatable bonds is 3. The smallest absolute Gasteiger partial charge is 0.196 e. The van der Waals surface area contributed by atoms with Crippen LogP contribution >= 0.6 is 0 Å². The van der Waals surface area contributed by atoms with E-state index in [1.807, 2.05) is 48.3 Å². The van der Waals surface area contributed by atoms with Crippen LogP contribution in [0.4, 0.5) is 4.39 Å². The lowest BCUT2D eigenvalue weighted by Crippen LogP contribution is -2.43. The number of fused-ring (bicyclic) bond motifs is 3. The number of hydrazine groups is 1. The second-order valence-electron chi connectivity index (χ2n) is 6.86. The Morgan fingerprint density at radius 2 is 1.96 bits per heavy atom. The number of hydrogen-bond acceptors (Lipinski definition) is 5. The van der Waals surface area contributed by atoms with Crippen LogP contribution in [0.15, 0.2) is 65.1 Å². The molecule has 2 aliphatic heterocycles. The third kappa shape index (κ3) is 2.65. The molecule has 0 bridgehead atoms. The SMILES string of the molecule is COc1cccc2c1OC(c1cccc(F)c1)N1NC(c3ccc(C)o3)=CC21. The molecule has 3 aromatic rings. The lowest BCUT2D eigenvalue weighted by atomic mass is 10.0. The average molecular weight is 378 g/mol. The zero-order valence-corrected chi connectivity index (χ0v) is 15.5. The van der Waals surface area contributed by atoms with Gasteiger partial charge in [0, 0.05) is 11.1 Å². The highest BCUT2D eigenvalue weighted by Crippen LogP contribution is 2.49. The fraction of sp³-hybridized carbons (Fsp3) is 0.182. The maximum atomic E-state index is 13.9. The Morgan fingerprint density at radius 1 is 1.11 bits per heavy atom. The van der Waals surface area contributed by atoms with E-state index in [1.54, 1.807) is 13.2 Å². The summed E-state index contributed by atoms with van der Waals surface area (Å²) < 4.78 is 31.5. The number of methoxy groups -OCH3 is 1. The molecule has 1 aromatic heterocycles. The van der Waals surface area contributed by atoms with E-state index in [0.29, 0.717) is 17.1 Å².